The van der Waals surface area contributed by atoms with Crippen LogP contribution in [0.5, 0.6) is 0 Å². The van der Waals surface area contributed by atoms with E-state index >= 15 is 0 Å². The van der Waals surface area contributed by atoms with E-state index in [1.807, 2.05) is 18.2 Å². The van der Waals surface area contributed by atoms with Gasteiger partial charge >= 0.3 is 0 Å². The minimum absolute atomic E-state index is 0.0665. The maximum atomic E-state index is 12.9. The topological polar surface area (TPSA) is 46.1 Å². The quantitative estimate of drug-likeness (QED) is 0.795. The van der Waals surface area contributed by atoms with Crippen molar-refractivity contribution in [3.05, 3.63) is 47.4 Å². The lowest BCUT2D eigenvalue weighted by molar-refractivity contribution is -0.133. The van der Waals surface area contributed by atoms with Crippen LogP contribution in [0.25, 0.3) is 11.3 Å². The SMILES string of the molecule is O=C1C(Cc2ccc(-c3cnccn3)cc2Cl)CCN1C1CCCCC1. The summed E-state index contributed by atoms with van der Waals surface area (Å²) in [7, 11) is 0. The maximum Gasteiger partial charge on any atom is 0.226 e. The normalized spacial score (nSPS) is 21.3. The van der Waals surface area contributed by atoms with Gasteiger partial charge in [-0.15, -0.1) is 0 Å². The zero-order valence-corrected chi connectivity index (χ0v) is 15.7. The summed E-state index contributed by atoms with van der Waals surface area (Å²) in [6, 6.07) is 6.45. The van der Waals surface area contributed by atoms with Gasteiger partial charge in [0.1, 0.15) is 0 Å². The number of carbonyl (C=O) groups excluding carboxylic acids is 1. The van der Waals surface area contributed by atoms with Crippen molar-refractivity contribution in [2.24, 2.45) is 5.92 Å². The molecule has 0 spiro atoms. The molecule has 1 saturated carbocycles. The van der Waals surface area contributed by atoms with Crippen LogP contribution in [0.1, 0.15) is 44.1 Å². The number of aromatic nitrogens is 2. The maximum absolute atomic E-state index is 12.9. The molecule has 1 aliphatic heterocycles. The highest BCUT2D eigenvalue weighted by Crippen LogP contribution is 2.32. The molecular weight excluding hydrogens is 346 g/mol. The van der Waals surface area contributed by atoms with Crippen molar-refractivity contribution in [1.29, 1.82) is 0 Å². The Morgan fingerprint density at radius 2 is 1.96 bits per heavy atom. The van der Waals surface area contributed by atoms with Crippen molar-refractivity contribution in [3.63, 3.8) is 0 Å². The summed E-state index contributed by atoms with van der Waals surface area (Å²) in [5, 5.41) is 0.706. The van der Waals surface area contributed by atoms with Crippen LogP contribution in [0.4, 0.5) is 0 Å². The van der Waals surface area contributed by atoms with Crippen molar-refractivity contribution in [2.45, 2.75) is 51.0 Å². The van der Waals surface area contributed by atoms with Crippen molar-refractivity contribution >= 4 is 17.5 Å². The van der Waals surface area contributed by atoms with E-state index in [0.29, 0.717) is 17.0 Å². The first-order valence-corrected chi connectivity index (χ1v) is 9.95. The standard InChI is InChI=1S/C21H24ClN3O/c22-19-13-16(20-14-23-9-10-24-20)7-6-15(19)12-17-8-11-25(21(17)26)18-4-2-1-3-5-18/h6-7,9-10,13-14,17-18H,1-5,8,11-12H2. The molecule has 4 rings (SSSR count). The molecule has 1 aliphatic carbocycles. The first-order valence-electron chi connectivity index (χ1n) is 9.57. The number of hydrogen-bond donors (Lipinski definition) is 0. The molecule has 1 unspecified atom stereocenters. The zero-order chi connectivity index (χ0) is 17.9. The van der Waals surface area contributed by atoms with E-state index in [1.54, 1.807) is 18.6 Å². The lowest BCUT2D eigenvalue weighted by atomic mass is 9.94. The van der Waals surface area contributed by atoms with Crippen molar-refractivity contribution in [3.8, 4) is 11.3 Å². The molecule has 1 saturated heterocycles. The fourth-order valence-electron chi connectivity index (χ4n) is 4.29. The Morgan fingerprint density at radius 3 is 2.69 bits per heavy atom. The monoisotopic (exact) mass is 369 g/mol. The van der Waals surface area contributed by atoms with Gasteiger partial charge in [0.15, 0.2) is 0 Å². The number of amides is 1. The predicted molar refractivity (Wildman–Crippen MR) is 103 cm³/mol. The van der Waals surface area contributed by atoms with Gasteiger partial charge in [-0.3, -0.25) is 14.8 Å². The molecule has 4 nitrogen and oxygen atoms in total. The molecule has 1 aromatic carbocycles. The van der Waals surface area contributed by atoms with Gasteiger partial charge in [-0.25, -0.2) is 0 Å². The van der Waals surface area contributed by atoms with Crippen LogP contribution in [0, 0.1) is 5.92 Å². The third kappa shape index (κ3) is 3.61. The highest BCUT2D eigenvalue weighted by molar-refractivity contribution is 6.31. The Kier molecular flexibility index (Phi) is 5.21. The Morgan fingerprint density at radius 1 is 1.12 bits per heavy atom. The Labute approximate surface area is 159 Å². The summed E-state index contributed by atoms with van der Waals surface area (Å²) < 4.78 is 0. The van der Waals surface area contributed by atoms with Gasteiger partial charge in [0, 0.05) is 41.5 Å². The summed E-state index contributed by atoms with van der Waals surface area (Å²) in [5.74, 6) is 0.391. The number of nitrogens with zero attached hydrogens (tertiary/aromatic N) is 3. The molecule has 2 aliphatic rings. The number of benzene rings is 1. The molecule has 0 radical (unpaired) electrons. The average molecular weight is 370 g/mol. The van der Waals surface area contributed by atoms with Gasteiger partial charge < -0.3 is 4.90 Å². The number of halogens is 1. The Balaban J connectivity index is 1.45. The van der Waals surface area contributed by atoms with Crippen molar-refractivity contribution < 1.29 is 4.79 Å². The number of carbonyl (C=O) groups is 1. The first kappa shape index (κ1) is 17.5. The number of rotatable bonds is 4. The molecule has 1 atom stereocenters. The second-order valence-electron chi connectivity index (χ2n) is 7.41. The first-order chi connectivity index (χ1) is 12.7. The van der Waals surface area contributed by atoms with E-state index < -0.39 is 0 Å². The Hall–Kier alpha value is -1.94. The minimum Gasteiger partial charge on any atom is -0.339 e. The second-order valence-corrected chi connectivity index (χ2v) is 7.82. The minimum atomic E-state index is 0.0665. The van der Waals surface area contributed by atoms with Gasteiger partial charge in [0.2, 0.25) is 5.91 Å². The van der Waals surface area contributed by atoms with Gasteiger partial charge in [0.05, 0.1) is 11.9 Å². The van der Waals surface area contributed by atoms with Gasteiger partial charge in [-0.2, -0.15) is 0 Å². The molecule has 2 fully saturated rings. The molecule has 1 amide bonds. The zero-order valence-electron chi connectivity index (χ0n) is 14.9. The average Bonchev–Trinajstić information content (AvgIpc) is 3.05. The van der Waals surface area contributed by atoms with Gasteiger partial charge in [-0.1, -0.05) is 43.0 Å². The van der Waals surface area contributed by atoms with E-state index in [4.69, 9.17) is 11.6 Å². The van der Waals surface area contributed by atoms with E-state index in [0.717, 1.165) is 36.2 Å². The van der Waals surface area contributed by atoms with Gasteiger partial charge in [-0.05, 0) is 37.3 Å². The molecular formula is C21H24ClN3O. The third-order valence-corrected chi connectivity index (χ3v) is 6.10. The van der Waals surface area contributed by atoms with E-state index in [9.17, 15) is 4.79 Å². The molecule has 1 aromatic heterocycles. The fraction of sp³-hybridized carbons (Fsp3) is 0.476. The van der Waals surface area contributed by atoms with Crippen LogP contribution < -0.4 is 0 Å². The number of hydrogen-bond acceptors (Lipinski definition) is 3. The summed E-state index contributed by atoms with van der Waals surface area (Å²) in [6.07, 6.45) is 12.9. The molecule has 26 heavy (non-hydrogen) atoms. The van der Waals surface area contributed by atoms with Crippen LogP contribution in [0.2, 0.25) is 5.02 Å². The summed E-state index contributed by atoms with van der Waals surface area (Å²) in [5.41, 5.74) is 2.80. The lowest BCUT2D eigenvalue weighted by Crippen LogP contribution is -2.39. The highest BCUT2D eigenvalue weighted by atomic mass is 35.5. The van der Waals surface area contributed by atoms with Crippen LogP contribution in [0.3, 0.4) is 0 Å². The van der Waals surface area contributed by atoms with Crippen molar-refractivity contribution in [1.82, 2.24) is 14.9 Å². The molecule has 136 valence electrons. The van der Waals surface area contributed by atoms with Crippen LogP contribution >= 0.6 is 11.6 Å². The highest BCUT2D eigenvalue weighted by Gasteiger charge is 2.36. The smallest absolute Gasteiger partial charge is 0.226 e. The second kappa shape index (κ2) is 7.75. The Bertz CT molecular complexity index is 774. The van der Waals surface area contributed by atoms with Gasteiger partial charge in [0.25, 0.3) is 0 Å². The molecule has 2 heterocycles. The molecule has 0 bridgehead atoms. The van der Waals surface area contributed by atoms with E-state index in [1.165, 1.54) is 32.1 Å². The summed E-state index contributed by atoms with van der Waals surface area (Å²) in [6.45, 7) is 0.906. The van der Waals surface area contributed by atoms with Crippen LogP contribution in [-0.2, 0) is 11.2 Å². The van der Waals surface area contributed by atoms with Crippen molar-refractivity contribution in [2.75, 3.05) is 6.54 Å². The number of likely N-dealkylation sites (tertiary alicyclic amines) is 1. The van der Waals surface area contributed by atoms with E-state index in [-0.39, 0.29) is 5.92 Å². The molecule has 5 heteroatoms. The summed E-state index contributed by atoms with van der Waals surface area (Å²) >= 11 is 6.52. The molecule has 2 aromatic rings. The van der Waals surface area contributed by atoms with Crippen LogP contribution in [0.15, 0.2) is 36.8 Å². The largest absolute Gasteiger partial charge is 0.339 e. The third-order valence-electron chi connectivity index (χ3n) is 5.74. The predicted octanol–water partition coefficient (Wildman–Crippen LogP) is 4.52. The van der Waals surface area contributed by atoms with Crippen LogP contribution in [-0.4, -0.2) is 33.4 Å². The fourth-order valence-corrected chi connectivity index (χ4v) is 4.55. The summed E-state index contributed by atoms with van der Waals surface area (Å²) in [4.78, 5) is 23.4. The van der Waals surface area contributed by atoms with E-state index in [2.05, 4.69) is 14.9 Å². The lowest BCUT2D eigenvalue weighted by Gasteiger charge is -2.31. The molecule has 0 N–H and O–H groups in total.